The normalized spacial score (nSPS) is 11.3. The summed E-state index contributed by atoms with van der Waals surface area (Å²) in [5.74, 6) is -0.172. The van der Waals surface area contributed by atoms with E-state index in [9.17, 15) is 9.66 Å². The van der Waals surface area contributed by atoms with Crippen molar-refractivity contribution in [2.75, 3.05) is 0 Å². The van der Waals surface area contributed by atoms with Crippen LogP contribution in [0.25, 0.3) is 5.69 Å². The van der Waals surface area contributed by atoms with Crippen LogP contribution in [-0.4, -0.2) is 19.4 Å². The van der Waals surface area contributed by atoms with Gasteiger partial charge >= 0.3 is 0 Å². The number of aryl methyl sites for hydroxylation is 1. The van der Waals surface area contributed by atoms with Crippen molar-refractivity contribution in [1.82, 2.24) is 9.78 Å². The predicted octanol–water partition coefficient (Wildman–Crippen LogP) is 5.52. The first-order chi connectivity index (χ1) is 11.6. The van der Waals surface area contributed by atoms with Crippen molar-refractivity contribution in [3.05, 3.63) is 59.2 Å². The number of nitrogens with zero attached hydrogens (tertiary/aromatic N) is 4. The lowest BCUT2D eigenvalue weighted by molar-refractivity contribution is 0.434. The second-order valence-corrected chi connectivity index (χ2v) is 5.97. The molecule has 0 aliphatic rings. The second kappa shape index (κ2) is 7.04. The van der Waals surface area contributed by atoms with Crippen molar-refractivity contribution >= 4 is 35.0 Å². The average Bonchev–Trinajstić information content (AvgIpc) is 2.88. The fourth-order valence-electron chi connectivity index (χ4n) is 2.11. The Kier molecular flexibility index (Phi) is 4.84. The van der Waals surface area contributed by atoms with Crippen molar-refractivity contribution in [2.24, 2.45) is 10.2 Å². The molecule has 0 fully saturated rings. The van der Waals surface area contributed by atoms with Crippen LogP contribution in [0.4, 0.5) is 11.4 Å². The number of azo groups is 1. The maximum absolute atomic E-state index is 10.4. The molecule has 0 saturated heterocycles. The van der Waals surface area contributed by atoms with Crippen LogP contribution in [0.15, 0.2) is 63.7 Å². The summed E-state index contributed by atoms with van der Waals surface area (Å²) in [7, 11) is 0. The van der Waals surface area contributed by atoms with Gasteiger partial charge in [0.2, 0.25) is 5.88 Å². The highest BCUT2D eigenvalue weighted by atomic mass is 35.5. The van der Waals surface area contributed by atoms with Gasteiger partial charge in [0.15, 0.2) is 5.69 Å². The van der Waals surface area contributed by atoms with Gasteiger partial charge in [0, 0.05) is 16.9 Å². The van der Waals surface area contributed by atoms with Crippen LogP contribution in [-0.2, 0) is 0 Å². The summed E-state index contributed by atoms with van der Waals surface area (Å²) in [4.78, 5) is 0.578. The molecular formula is C16H13ClN4O2S. The smallest absolute Gasteiger partial charge is 0.243 e. The van der Waals surface area contributed by atoms with Gasteiger partial charge in [-0.1, -0.05) is 29.8 Å². The summed E-state index contributed by atoms with van der Waals surface area (Å²) in [5, 5.41) is 23.3. The number of aromatic hydroxyl groups is 1. The van der Waals surface area contributed by atoms with Gasteiger partial charge in [0.25, 0.3) is 0 Å². The monoisotopic (exact) mass is 360 g/mol. The van der Waals surface area contributed by atoms with E-state index in [2.05, 4.69) is 15.3 Å². The minimum absolute atomic E-state index is 0.172. The number of aromatic nitrogens is 2. The molecule has 3 rings (SSSR count). The molecule has 6 nitrogen and oxygen atoms in total. The van der Waals surface area contributed by atoms with Crippen LogP contribution in [0.5, 0.6) is 5.88 Å². The van der Waals surface area contributed by atoms with Crippen molar-refractivity contribution in [2.45, 2.75) is 11.8 Å². The van der Waals surface area contributed by atoms with E-state index in [1.807, 2.05) is 18.2 Å². The molecule has 122 valence electrons. The van der Waals surface area contributed by atoms with E-state index in [4.69, 9.17) is 11.6 Å². The molecule has 8 heteroatoms. The molecule has 0 saturated carbocycles. The number of hydrogen-bond donors (Lipinski definition) is 2. The Hall–Kier alpha value is -2.35. The van der Waals surface area contributed by atoms with Gasteiger partial charge in [0.1, 0.15) is 0 Å². The van der Waals surface area contributed by atoms with E-state index in [1.165, 1.54) is 4.68 Å². The molecule has 2 N–H and O–H groups in total. The summed E-state index contributed by atoms with van der Waals surface area (Å²) in [6.45, 7) is 1.72. The fraction of sp³-hybridized carbons (Fsp3) is 0.0625. The molecular weight excluding hydrogens is 348 g/mol. The van der Waals surface area contributed by atoms with Gasteiger partial charge in [-0.2, -0.15) is 14.9 Å². The Balaban J connectivity index is 2.03. The first-order valence-electron chi connectivity index (χ1n) is 6.97. The Bertz CT molecular complexity index is 897. The van der Waals surface area contributed by atoms with Crippen LogP contribution in [0, 0.1) is 6.92 Å². The van der Waals surface area contributed by atoms with Crippen molar-refractivity contribution < 1.29 is 9.66 Å². The third kappa shape index (κ3) is 3.28. The Labute approximate surface area is 147 Å². The second-order valence-electron chi connectivity index (χ2n) is 4.91. The average molecular weight is 361 g/mol. The topological polar surface area (TPSA) is 83.0 Å². The van der Waals surface area contributed by atoms with Crippen LogP contribution in [0.1, 0.15) is 5.69 Å². The van der Waals surface area contributed by atoms with E-state index >= 15 is 0 Å². The quantitative estimate of drug-likeness (QED) is 0.474. The zero-order valence-corrected chi connectivity index (χ0v) is 14.2. The molecule has 0 spiro atoms. The maximum Gasteiger partial charge on any atom is 0.243 e. The summed E-state index contributed by atoms with van der Waals surface area (Å²) in [5.41, 5.74) is 1.88. The van der Waals surface area contributed by atoms with Crippen LogP contribution < -0.4 is 0 Å². The Morgan fingerprint density at radius 3 is 2.58 bits per heavy atom. The van der Waals surface area contributed by atoms with Crippen molar-refractivity contribution in [1.29, 1.82) is 0 Å². The first kappa shape index (κ1) is 16.5. The highest BCUT2D eigenvalue weighted by Crippen LogP contribution is 2.36. The SMILES string of the molecule is Cc1nn(-c2cc(SO)ccc2Cl)c(O)c1N=Nc1ccccc1. The largest absolute Gasteiger partial charge is 0.492 e. The molecule has 0 amide bonds. The van der Waals surface area contributed by atoms with Crippen molar-refractivity contribution in [3.63, 3.8) is 0 Å². The lowest BCUT2D eigenvalue weighted by Gasteiger charge is -2.06. The first-order valence-corrected chi connectivity index (χ1v) is 8.12. The summed E-state index contributed by atoms with van der Waals surface area (Å²) < 4.78 is 10.5. The Morgan fingerprint density at radius 1 is 1.12 bits per heavy atom. The van der Waals surface area contributed by atoms with Crippen LogP contribution >= 0.6 is 23.6 Å². The van der Waals surface area contributed by atoms with E-state index in [0.29, 0.717) is 39.0 Å². The van der Waals surface area contributed by atoms with Gasteiger partial charge in [-0.3, -0.25) is 0 Å². The molecule has 0 atom stereocenters. The molecule has 2 aromatic carbocycles. The van der Waals surface area contributed by atoms with Gasteiger partial charge in [-0.25, -0.2) is 0 Å². The number of benzene rings is 2. The Morgan fingerprint density at radius 2 is 1.88 bits per heavy atom. The summed E-state index contributed by atoms with van der Waals surface area (Å²) in [6, 6.07) is 14.1. The minimum Gasteiger partial charge on any atom is -0.492 e. The zero-order chi connectivity index (χ0) is 17.1. The van der Waals surface area contributed by atoms with E-state index < -0.39 is 0 Å². The molecule has 0 aliphatic carbocycles. The van der Waals surface area contributed by atoms with Crippen LogP contribution in [0.3, 0.4) is 0 Å². The van der Waals surface area contributed by atoms with Crippen molar-refractivity contribution in [3.8, 4) is 11.6 Å². The van der Waals surface area contributed by atoms with E-state index in [1.54, 1.807) is 37.3 Å². The fourth-order valence-corrected chi connectivity index (χ4v) is 2.60. The molecule has 3 aromatic rings. The third-order valence-corrected chi connectivity index (χ3v) is 4.06. The molecule has 24 heavy (non-hydrogen) atoms. The highest BCUT2D eigenvalue weighted by Gasteiger charge is 2.18. The summed E-state index contributed by atoms with van der Waals surface area (Å²) >= 11 is 6.76. The van der Waals surface area contributed by atoms with Crippen LogP contribution in [0.2, 0.25) is 5.02 Å². The minimum atomic E-state index is -0.172. The maximum atomic E-state index is 10.4. The number of halogens is 1. The number of rotatable bonds is 4. The van der Waals surface area contributed by atoms with Gasteiger partial charge in [-0.15, -0.1) is 5.11 Å². The lowest BCUT2D eigenvalue weighted by atomic mass is 10.3. The van der Waals surface area contributed by atoms with Gasteiger partial charge in [-0.05, 0) is 37.3 Å². The molecule has 0 unspecified atom stereocenters. The number of hydrogen-bond acceptors (Lipinski definition) is 6. The third-order valence-electron chi connectivity index (χ3n) is 3.28. The van der Waals surface area contributed by atoms with Gasteiger partial charge < -0.3 is 9.66 Å². The lowest BCUT2D eigenvalue weighted by Crippen LogP contribution is -1.97. The zero-order valence-electron chi connectivity index (χ0n) is 12.6. The predicted molar refractivity (Wildman–Crippen MR) is 94.1 cm³/mol. The van der Waals surface area contributed by atoms with Gasteiger partial charge in [0.05, 0.1) is 22.1 Å². The molecule has 1 aromatic heterocycles. The molecule has 0 radical (unpaired) electrons. The molecule has 0 bridgehead atoms. The van der Waals surface area contributed by atoms with E-state index in [-0.39, 0.29) is 11.6 Å². The molecule has 1 heterocycles. The molecule has 0 aliphatic heterocycles. The summed E-state index contributed by atoms with van der Waals surface area (Å²) in [6.07, 6.45) is 0. The highest BCUT2D eigenvalue weighted by molar-refractivity contribution is 7.93. The standard InChI is InChI=1S/C16H13ClN4O2S/c1-10-15(19-18-11-5-3-2-4-6-11)16(22)21(20-10)14-9-12(24-23)7-8-13(14)17/h2-9,22-23H,1H3. The van der Waals surface area contributed by atoms with E-state index in [0.717, 1.165) is 0 Å².